The number of hydrogen-bond acceptors (Lipinski definition) is 4. The third-order valence-electron chi connectivity index (χ3n) is 5.34. The van der Waals surface area contributed by atoms with Crippen molar-refractivity contribution in [1.82, 2.24) is 15.6 Å². The molecule has 3 rings (SSSR count). The maximum atomic E-state index is 12.3. The summed E-state index contributed by atoms with van der Waals surface area (Å²) in [4.78, 5) is 39.0. The van der Waals surface area contributed by atoms with Gasteiger partial charge in [0.25, 0.3) is 0 Å². The maximum Gasteiger partial charge on any atom is 0.407 e. The number of nitrogens with two attached hydrogens (primary N) is 1. The zero-order valence-electron chi connectivity index (χ0n) is 18.5. The summed E-state index contributed by atoms with van der Waals surface area (Å²) in [5.41, 5.74) is 8.34. The van der Waals surface area contributed by atoms with E-state index in [-0.39, 0.29) is 18.9 Å². The molecule has 5 N–H and O–H groups in total. The smallest absolute Gasteiger partial charge is 0.407 e. The number of amides is 3. The fourth-order valence-corrected chi connectivity index (χ4v) is 3.56. The van der Waals surface area contributed by atoms with Crippen LogP contribution in [0.2, 0.25) is 0 Å². The Morgan fingerprint density at radius 2 is 1.73 bits per heavy atom. The van der Waals surface area contributed by atoms with Gasteiger partial charge in [-0.25, -0.2) is 4.79 Å². The molecule has 0 saturated carbocycles. The fraction of sp³-hybridized carbons (Fsp3) is 0.320. The fourth-order valence-electron chi connectivity index (χ4n) is 3.56. The van der Waals surface area contributed by atoms with E-state index in [1.54, 1.807) is 0 Å². The number of aromatic nitrogens is 1. The second-order valence-electron chi connectivity index (χ2n) is 7.89. The summed E-state index contributed by atoms with van der Waals surface area (Å²) in [5, 5.41) is 6.45. The van der Waals surface area contributed by atoms with Gasteiger partial charge in [-0.1, -0.05) is 55.0 Å². The summed E-state index contributed by atoms with van der Waals surface area (Å²) in [6.07, 6.45) is 4.13. The number of carbonyl (C=O) groups is 3. The number of primary amides is 1. The Kier molecular flexibility index (Phi) is 8.88. The number of aromatic amines is 1. The van der Waals surface area contributed by atoms with Gasteiger partial charge >= 0.3 is 6.09 Å². The number of hydrogen-bond donors (Lipinski definition) is 4. The minimum absolute atomic E-state index is 0.214. The molecule has 0 aliphatic rings. The normalized spacial score (nSPS) is 11.6. The molecule has 33 heavy (non-hydrogen) atoms. The minimum Gasteiger partial charge on any atom is -0.445 e. The van der Waals surface area contributed by atoms with Crippen molar-refractivity contribution in [3.63, 3.8) is 0 Å². The quantitative estimate of drug-likeness (QED) is 0.316. The zero-order valence-corrected chi connectivity index (χ0v) is 18.5. The predicted octanol–water partition coefficient (Wildman–Crippen LogP) is 3.17. The third-order valence-corrected chi connectivity index (χ3v) is 5.34. The van der Waals surface area contributed by atoms with E-state index in [9.17, 15) is 14.4 Å². The van der Waals surface area contributed by atoms with E-state index in [0.717, 1.165) is 34.9 Å². The number of unbranched alkanes of at least 4 members (excludes halogenated alkanes) is 2. The van der Waals surface area contributed by atoms with Gasteiger partial charge in [-0.3, -0.25) is 9.59 Å². The average molecular weight is 451 g/mol. The molecule has 1 heterocycles. The lowest BCUT2D eigenvalue weighted by atomic mass is 10.0. The lowest BCUT2D eigenvalue weighted by Crippen LogP contribution is -2.45. The second-order valence-corrected chi connectivity index (χ2v) is 7.89. The van der Waals surface area contributed by atoms with E-state index in [1.165, 1.54) is 0 Å². The summed E-state index contributed by atoms with van der Waals surface area (Å²) in [6.45, 7) is 0.701. The van der Waals surface area contributed by atoms with Crippen LogP contribution < -0.4 is 16.4 Å². The molecular formula is C25H30N4O4. The van der Waals surface area contributed by atoms with Gasteiger partial charge in [-0.15, -0.1) is 0 Å². The van der Waals surface area contributed by atoms with Crippen LogP contribution >= 0.6 is 0 Å². The van der Waals surface area contributed by atoms with E-state index in [1.807, 2.05) is 60.8 Å². The zero-order chi connectivity index (χ0) is 23.5. The molecule has 0 spiro atoms. The first-order chi connectivity index (χ1) is 16.0. The van der Waals surface area contributed by atoms with Crippen molar-refractivity contribution in [1.29, 1.82) is 0 Å². The van der Waals surface area contributed by atoms with Crippen LogP contribution in [-0.2, 0) is 27.4 Å². The molecule has 3 amide bonds. The third kappa shape index (κ3) is 7.68. The number of H-pyrrole nitrogens is 1. The number of ether oxygens (including phenoxy) is 1. The first kappa shape index (κ1) is 23.8. The van der Waals surface area contributed by atoms with Crippen LogP contribution in [0.1, 0.15) is 36.8 Å². The standard InChI is InChI=1S/C25H30N4O4/c26-24(31)22(15-19-16-28-21-12-7-6-11-20(19)21)29-23(30)13-5-2-8-14-27-25(32)33-17-18-9-3-1-4-10-18/h1,3-4,6-7,9-12,16,22,28H,2,5,8,13-15,17H2,(H2,26,31)(H,27,32)(H,29,30)/t22-/m0/s1. The average Bonchev–Trinajstić information content (AvgIpc) is 3.23. The van der Waals surface area contributed by atoms with Crippen LogP contribution in [0.4, 0.5) is 4.79 Å². The SMILES string of the molecule is NC(=O)[C@H](Cc1c[nH]c2ccccc12)NC(=O)CCCCCNC(=O)OCc1ccccc1. The molecule has 1 aromatic heterocycles. The molecule has 2 aromatic carbocycles. The summed E-state index contributed by atoms with van der Waals surface area (Å²) >= 11 is 0. The van der Waals surface area contributed by atoms with Gasteiger partial charge in [-0.05, 0) is 30.0 Å². The van der Waals surface area contributed by atoms with Crippen molar-refractivity contribution in [2.45, 2.75) is 44.8 Å². The van der Waals surface area contributed by atoms with Crippen LogP contribution in [0.15, 0.2) is 60.8 Å². The van der Waals surface area contributed by atoms with Gasteiger partial charge in [0.15, 0.2) is 0 Å². The molecule has 174 valence electrons. The summed E-state index contributed by atoms with van der Waals surface area (Å²) in [6, 6.07) is 16.5. The van der Waals surface area contributed by atoms with Crippen molar-refractivity contribution < 1.29 is 19.1 Å². The van der Waals surface area contributed by atoms with E-state index >= 15 is 0 Å². The van der Waals surface area contributed by atoms with Gasteiger partial charge in [0.1, 0.15) is 12.6 Å². The molecule has 0 aliphatic carbocycles. The highest BCUT2D eigenvalue weighted by Crippen LogP contribution is 2.19. The largest absolute Gasteiger partial charge is 0.445 e. The number of rotatable bonds is 12. The Morgan fingerprint density at radius 3 is 2.52 bits per heavy atom. The van der Waals surface area contributed by atoms with Crippen molar-refractivity contribution in [2.75, 3.05) is 6.54 Å². The number of fused-ring (bicyclic) bond motifs is 1. The topological polar surface area (TPSA) is 126 Å². The van der Waals surface area contributed by atoms with Gasteiger partial charge in [0.05, 0.1) is 0 Å². The minimum atomic E-state index is -0.766. The molecule has 0 fully saturated rings. The monoisotopic (exact) mass is 450 g/mol. The Morgan fingerprint density at radius 1 is 0.970 bits per heavy atom. The predicted molar refractivity (Wildman–Crippen MR) is 126 cm³/mol. The number of carbonyl (C=O) groups excluding carboxylic acids is 3. The van der Waals surface area contributed by atoms with Crippen LogP contribution in [0.25, 0.3) is 10.9 Å². The second kappa shape index (κ2) is 12.3. The molecule has 8 nitrogen and oxygen atoms in total. The number of benzene rings is 2. The Balaban J connectivity index is 1.31. The summed E-state index contributed by atoms with van der Waals surface area (Å²) in [7, 11) is 0. The lowest BCUT2D eigenvalue weighted by Gasteiger charge is -2.15. The summed E-state index contributed by atoms with van der Waals surface area (Å²) in [5.74, 6) is -0.777. The number of para-hydroxylation sites is 1. The molecule has 1 atom stereocenters. The van der Waals surface area contributed by atoms with E-state index in [0.29, 0.717) is 19.4 Å². The maximum absolute atomic E-state index is 12.3. The number of alkyl carbamates (subject to hydrolysis) is 1. The molecule has 0 bridgehead atoms. The Bertz CT molecular complexity index is 1060. The van der Waals surface area contributed by atoms with Crippen LogP contribution in [0, 0.1) is 0 Å². The first-order valence-electron chi connectivity index (χ1n) is 11.1. The molecule has 3 aromatic rings. The van der Waals surface area contributed by atoms with Gasteiger partial charge < -0.3 is 26.1 Å². The highest BCUT2D eigenvalue weighted by Gasteiger charge is 2.20. The van der Waals surface area contributed by atoms with E-state index in [4.69, 9.17) is 10.5 Å². The van der Waals surface area contributed by atoms with Gasteiger partial charge in [0.2, 0.25) is 11.8 Å². The lowest BCUT2D eigenvalue weighted by molar-refractivity contribution is -0.127. The Labute approximate surface area is 192 Å². The number of nitrogens with one attached hydrogen (secondary N) is 3. The molecular weight excluding hydrogens is 420 g/mol. The van der Waals surface area contributed by atoms with Crippen molar-refractivity contribution >= 4 is 28.8 Å². The van der Waals surface area contributed by atoms with E-state index < -0.39 is 18.0 Å². The summed E-state index contributed by atoms with van der Waals surface area (Å²) < 4.78 is 5.15. The van der Waals surface area contributed by atoms with Crippen molar-refractivity contribution in [3.8, 4) is 0 Å². The molecule has 0 radical (unpaired) electrons. The molecule has 0 aliphatic heterocycles. The van der Waals surface area contributed by atoms with Crippen LogP contribution in [0.3, 0.4) is 0 Å². The van der Waals surface area contributed by atoms with Crippen LogP contribution in [-0.4, -0.2) is 35.5 Å². The molecule has 0 saturated heterocycles. The van der Waals surface area contributed by atoms with Gasteiger partial charge in [-0.2, -0.15) is 0 Å². The highest BCUT2D eigenvalue weighted by molar-refractivity contribution is 5.88. The molecule has 8 heteroatoms. The van der Waals surface area contributed by atoms with Crippen LogP contribution in [0.5, 0.6) is 0 Å². The van der Waals surface area contributed by atoms with Crippen molar-refractivity contribution in [2.24, 2.45) is 5.73 Å². The Hall–Kier alpha value is -3.81. The van der Waals surface area contributed by atoms with E-state index in [2.05, 4.69) is 15.6 Å². The first-order valence-corrected chi connectivity index (χ1v) is 11.1. The van der Waals surface area contributed by atoms with Crippen molar-refractivity contribution in [3.05, 3.63) is 71.9 Å². The molecule has 0 unspecified atom stereocenters. The van der Waals surface area contributed by atoms with Gasteiger partial charge in [0, 0.05) is 36.5 Å². The highest BCUT2D eigenvalue weighted by atomic mass is 16.5.